The van der Waals surface area contributed by atoms with Crippen LogP contribution in [0, 0.1) is 0 Å². The number of rotatable bonds is 5. The van der Waals surface area contributed by atoms with Crippen molar-refractivity contribution in [2.75, 3.05) is 0 Å². The lowest BCUT2D eigenvalue weighted by Gasteiger charge is -2.11. The lowest BCUT2D eigenvalue weighted by molar-refractivity contribution is 0.528. The minimum atomic E-state index is 0.203. The van der Waals surface area contributed by atoms with Crippen molar-refractivity contribution in [3.8, 4) is 0 Å². The maximum absolute atomic E-state index is 6.26. The summed E-state index contributed by atoms with van der Waals surface area (Å²) in [6, 6.07) is 0.203. The molecule has 0 aliphatic heterocycles. The van der Waals surface area contributed by atoms with Gasteiger partial charge in [-0.25, -0.2) is 0 Å². The van der Waals surface area contributed by atoms with Crippen LogP contribution in [-0.4, -0.2) is 15.8 Å². The molecule has 86 valence electrons. The Morgan fingerprint density at radius 3 is 2.67 bits per heavy atom. The van der Waals surface area contributed by atoms with Gasteiger partial charge in [0.15, 0.2) is 0 Å². The summed E-state index contributed by atoms with van der Waals surface area (Å²) in [5.41, 5.74) is 4.76. The Balaban J connectivity index is 2.97. The van der Waals surface area contributed by atoms with Crippen LogP contribution in [0.15, 0.2) is 0 Å². The maximum Gasteiger partial charge on any atom is 0.0850 e. The fraction of sp³-hybridized carbons (Fsp3) is 0.700. The lowest BCUT2D eigenvalue weighted by Crippen LogP contribution is -2.34. The van der Waals surface area contributed by atoms with E-state index in [-0.39, 0.29) is 6.04 Å². The zero-order valence-electron chi connectivity index (χ0n) is 9.55. The molecule has 0 amide bonds. The molecule has 5 heteroatoms. The van der Waals surface area contributed by atoms with E-state index in [1.165, 1.54) is 0 Å². The van der Waals surface area contributed by atoms with E-state index in [9.17, 15) is 0 Å². The lowest BCUT2D eigenvalue weighted by atomic mass is 10.1. The van der Waals surface area contributed by atoms with Gasteiger partial charge in [-0.15, -0.1) is 0 Å². The highest BCUT2D eigenvalue weighted by Crippen LogP contribution is 2.22. The van der Waals surface area contributed by atoms with Crippen molar-refractivity contribution in [3.05, 3.63) is 16.4 Å². The molecule has 0 aromatic carbocycles. The molecular formula is C10H19ClN4. The molecule has 1 aromatic rings. The van der Waals surface area contributed by atoms with Crippen LogP contribution >= 0.6 is 11.6 Å². The van der Waals surface area contributed by atoms with Gasteiger partial charge in [-0.3, -0.25) is 16.0 Å². The van der Waals surface area contributed by atoms with E-state index in [1.54, 1.807) is 0 Å². The highest BCUT2D eigenvalue weighted by molar-refractivity contribution is 6.31. The molecule has 0 fully saturated rings. The first-order valence-electron chi connectivity index (χ1n) is 5.34. The number of hydrogen-bond acceptors (Lipinski definition) is 3. The summed E-state index contributed by atoms with van der Waals surface area (Å²) >= 11 is 6.26. The van der Waals surface area contributed by atoms with Crippen molar-refractivity contribution in [2.45, 2.75) is 46.2 Å². The van der Waals surface area contributed by atoms with Crippen molar-refractivity contribution >= 4 is 11.6 Å². The standard InChI is InChI=1S/C10H19ClN4/c1-4-8-10(11)9(6-7(3)13-12)15(5-2)14-8/h7,13H,4-6,12H2,1-3H3. The van der Waals surface area contributed by atoms with Gasteiger partial charge in [0.05, 0.1) is 16.4 Å². The average Bonchev–Trinajstić information content (AvgIpc) is 2.55. The Morgan fingerprint density at radius 1 is 1.53 bits per heavy atom. The SMILES string of the molecule is CCc1nn(CC)c(CC(C)NN)c1Cl. The van der Waals surface area contributed by atoms with Crippen LogP contribution in [0.25, 0.3) is 0 Å². The van der Waals surface area contributed by atoms with Crippen LogP contribution in [0.2, 0.25) is 5.02 Å². The van der Waals surface area contributed by atoms with Crippen LogP contribution in [0.5, 0.6) is 0 Å². The highest BCUT2D eigenvalue weighted by atomic mass is 35.5. The summed E-state index contributed by atoms with van der Waals surface area (Å²) in [6.45, 7) is 6.98. The molecule has 1 rings (SSSR count). The maximum atomic E-state index is 6.26. The van der Waals surface area contributed by atoms with Gasteiger partial charge in [-0.05, 0) is 20.3 Å². The van der Waals surface area contributed by atoms with Crippen molar-refractivity contribution in [2.24, 2.45) is 5.84 Å². The minimum absolute atomic E-state index is 0.203. The predicted octanol–water partition coefficient (Wildman–Crippen LogP) is 1.51. The number of hydrazine groups is 1. The zero-order chi connectivity index (χ0) is 11.4. The number of aryl methyl sites for hydroxylation is 2. The Hall–Kier alpha value is -0.580. The molecule has 4 nitrogen and oxygen atoms in total. The number of aromatic nitrogens is 2. The largest absolute Gasteiger partial charge is 0.271 e. The van der Waals surface area contributed by atoms with Crippen LogP contribution in [0.1, 0.15) is 32.2 Å². The zero-order valence-corrected chi connectivity index (χ0v) is 10.3. The molecule has 0 saturated heterocycles. The summed E-state index contributed by atoms with van der Waals surface area (Å²) in [5, 5.41) is 5.24. The first kappa shape index (κ1) is 12.5. The molecule has 3 N–H and O–H groups in total. The van der Waals surface area contributed by atoms with Gasteiger partial charge in [0.1, 0.15) is 0 Å². The van der Waals surface area contributed by atoms with Gasteiger partial charge in [0.2, 0.25) is 0 Å². The van der Waals surface area contributed by atoms with E-state index in [0.717, 1.165) is 35.8 Å². The third kappa shape index (κ3) is 2.71. The Labute approximate surface area is 95.8 Å². The van der Waals surface area contributed by atoms with E-state index in [2.05, 4.69) is 24.4 Å². The van der Waals surface area contributed by atoms with Gasteiger partial charge in [0, 0.05) is 19.0 Å². The second-order valence-electron chi connectivity index (χ2n) is 3.65. The number of nitrogens with one attached hydrogen (secondary N) is 1. The second-order valence-corrected chi connectivity index (χ2v) is 4.03. The van der Waals surface area contributed by atoms with E-state index < -0.39 is 0 Å². The van der Waals surface area contributed by atoms with Gasteiger partial charge >= 0.3 is 0 Å². The summed E-state index contributed by atoms with van der Waals surface area (Å²) in [5.74, 6) is 5.38. The molecule has 0 aliphatic carbocycles. The molecule has 0 saturated carbocycles. The topological polar surface area (TPSA) is 55.9 Å². The molecule has 1 heterocycles. The molecule has 0 bridgehead atoms. The van der Waals surface area contributed by atoms with Gasteiger partial charge in [-0.1, -0.05) is 18.5 Å². The van der Waals surface area contributed by atoms with Crippen molar-refractivity contribution < 1.29 is 0 Å². The number of halogens is 1. The fourth-order valence-corrected chi connectivity index (χ4v) is 1.91. The molecule has 0 radical (unpaired) electrons. The van der Waals surface area contributed by atoms with Crippen LogP contribution in [0.3, 0.4) is 0 Å². The second kappa shape index (κ2) is 5.49. The van der Waals surface area contributed by atoms with Crippen molar-refractivity contribution in [3.63, 3.8) is 0 Å². The first-order chi connectivity index (χ1) is 7.13. The Morgan fingerprint density at radius 2 is 2.20 bits per heavy atom. The first-order valence-corrected chi connectivity index (χ1v) is 5.71. The van der Waals surface area contributed by atoms with Gasteiger partial charge in [-0.2, -0.15) is 5.10 Å². The molecule has 1 aromatic heterocycles. The number of nitrogens with two attached hydrogens (primary N) is 1. The van der Waals surface area contributed by atoms with E-state index in [0.29, 0.717) is 0 Å². The fourth-order valence-electron chi connectivity index (χ4n) is 1.56. The molecule has 1 atom stereocenters. The van der Waals surface area contributed by atoms with Crippen molar-refractivity contribution in [1.82, 2.24) is 15.2 Å². The quantitative estimate of drug-likeness (QED) is 0.596. The Kier molecular flexibility index (Phi) is 4.57. The normalized spacial score (nSPS) is 13.1. The third-order valence-corrected chi connectivity index (χ3v) is 2.91. The molecule has 0 spiro atoms. The highest BCUT2D eigenvalue weighted by Gasteiger charge is 2.15. The van der Waals surface area contributed by atoms with Crippen LogP contribution in [-0.2, 0) is 19.4 Å². The average molecular weight is 231 g/mol. The van der Waals surface area contributed by atoms with E-state index in [4.69, 9.17) is 17.4 Å². The number of hydrogen-bond donors (Lipinski definition) is 2. The van der Waals surface area contributed by atoms with E-state index >= 15 is 0 Å². The number of nitrogens with zero attached hydrogens (tertiary/aromatic N) is 2. The van der Waals surface area contributed by atoms with Crippen molar-refractivity contribution in [1.29, 1.82) is 0 Å². The van der Waals surface area contributed by atoms with Gasteiger partial charge in [0.25, 0.3) is 0 Å². The summed E-state index contributed by atoms with van der Waals surface area (Å²) in [4.78, 5) is 0. The minimum Gasteiger partial charge on any atom is -0.271 e. The Bertz CT molecular complexity index is 321. The van der Waals surface area contributed by atoms with Crippen LogP contribution in [0.4, 0.5) is 0 Å². The predicted molar refractivity (Wildman–Crippen MR) is 62.8 cm³/mol. The van der Waals surface area contributed by atoms with E-state index in [1.807, 2.05) is 11.6 Å². The molecule has 1 unspecified atom stereocenters. The third-order valence-electron chi connectivity index (χ3n) is 2.48. The van der Waals surface area contributed by atoms with Crippen LogP contribution < -0.4 is 11.3 Å². The smallest absolute Gasteiger partial charge is 0.0850 e. The summed E-state index contributed by atoms with van der Waals surface area (Å²) in [7, 11) is 0. The monoisotopic (exact) mass is 230 g/mol. The van der Waals surface area contributed by atoms with Gasteiger partial charge < -0.3 is 0 Å². The summed E-state index contributed by atoms with van der Waals surface area (Å²) < 4.78 is 1.95. The molecule has 15 heavy (non-hydrogen) atoms. The molecule has 0 aliphatic rings. The molecular weight excluding hydrogens is 212 g/mol. The summed E-state index contributed by atoms with van der Waals surface area (Å²) in [6.07, 6.45) is 1.67.